The second kappa shape index (κ2) is 8.87. The topological polar surface area (TPSA) is 94.9 Å². The van der Waals surface area contributed by atoms with Crippen LogP contribution in [0.2, 0.25) is 0 Å². The summed E-state index contributed by atoms with van der Waals surface area (Å²) in [5.74, 6) is 3.18. The predicted molar refractivity (Wildman–Crippen MR) is 119 cm³/mol. The SMILES string of the molecule is COc1ccc(CN=C(N)NCc2ccc(-c3nc4ccccc4s3)o2)cc1OC. The average Bonchev–Trinajstić information content (AvgIpc) is 3.42. The monoisotopic (exact) mass is 422 g/mol. The largest absolute Gasteiger partial charge is 0.493 e. The van der Waals surface area contributed by atoms with Crippen LogP contribution in [0.5, 0.6) is 11.5 Å². The molecule has 7 nitrogen and oxygen atoms in total. The lowest BCUT2D eigenvalue weighted by molar-refractivity contribution is 0.354. The minimum absolute atomic E-state index is 0.336. The molecule has 0 atom stereocenters. The van der Waals surface area contributed by atoms with Crippen molar-refractivity contribution in [2.45, 2.75) is 13.1 Å². The van der Waals surface area contributed by atoms with Crippen molar-refractivity contribution in [2.75, 3.05) is 14.2 Å². The summed E-state index contributed by atoms with van der Waals surface area (Å²) in [6, 6.07) is 17.5. The van der Waals surface area contributed by atoms with Gasteiger partial charge < -0.3 is 24.9 Å². The van der Waals surface area contributed by atoms with Crippen molar-refractivity contribution in [3.05, 3.63) is 65.9 Å². The maximum absolute atomic E-state index is 6.00. The molecule has 0 amide bonds. The van der Waals surface area contributed by atoms with Crippen LogP contribution in [0.1, 0.15) is 11.3 Å². The summed E-state index contributed by atoms with van der Waals surface area (Å²) >= 11 is 1.61. The number of para-hydroxylation sites is 1. The fraction of sp³-hybridized carbons (Fsp3) is 0.182. The first kappa shape index (κ1) is 19.8. The number of methoxy groups -OCH3 is 2. The van der Waals surface area contributed by atoms with Crippen molar-refractivity contribution in [3.8, 4) is 22.3 Å². The molecule has 0 unspecified atom stereocenters. The molecule has 2 heterocycles. The normalized spacial score (nSPS) is 11.6. The molecule has 0 radical (unpaired) electrons. The molecule has 154 valence electrons. The molecule has 3 N–H and O–H groups in total. The third-order valence-corrected chi connectivity index (χ3v) is 5.54. The Morgan fingerprint density at radius 3 is 2.73 bits per heavy atom. The Kier molecular flexibility index (Phi) is 5.85. The number of furan rings is 1. The third kappa shape index (κ3) is 4.38. The van der Waals surface area contributed by atoms with Crippen LogP contribution < -0.4 is 20.5 Å². The predicted octanol–water partition coefficient (Wildman–Crippen LogP) is 4.18. The van der Waals surface area contributed by atoms with Gasteiger partial charge in [0, 0.05) is 0 Å². The summed E-state index contributed by atoms with van der Waals surface area (Å²) in [4.78, 5) is 8.99. The zero-order valence-electron chi connectivity index (χ0n) is 16.7. The number of guanidine groups is 1. The number of fused-ring (bicyclic) bond motifs is 1. The van der Waals surface area contributed by atoms with Gasteiger partial charge in [-0.1, -0.05) is 18.2 Å². The molecule has 0 aliphatic heterocycles. The minimum atomic E-state index is 0.336. The standard InChI is InChI=1S/C22H22N4O3S/c1-27-17-9-7-14(11-19(17)28-2)12-24-22(23)25-13-15-8-10-18(29-15)21-26-16-5-3-4-6-20(16)30-21/h3-11H,12-13H2,1-2H3,(H3,23,24,25). The molecule has 2 aromatic carbocycles. The van der Waals surface area contributed by atoms with Crippen molar-refractivity contribution >= 4 is 27.5 Å². The Morgan fingerprint density at radius 2 is 1.93 bits per heavy atom. The van der Waals surface area contributed by atoms with Crippen LogP contribution in [-0.4, -0.2) is 25.2 Å². The van der Waals surface area contributed by atoms with Gasteiger partial charge in [-0.25, -0.2) is 9.98 Å². The van der Waals surface area contributed by atoms with Crippen molar-refractivity contribution in [3.63, 3.8) is 0 Å². The number of benzene rings is 2. The van der Waals surface area contributed by atoms with E-state index in [1.54, 1.807) is 25.6 Å². The number of nitrogens with zero attached hydrogens (tertiary/aromatic N) is 2. The summed E-state index contributed by atoms with van der Waals surface area (Å²) in [5.41, 5.74) is 7.93. The molecular formula is C22H22N4O3S. The number of aliphatic imine (C=N–C) groups is 1. The van der Waals surface area contributed by atoms with E-state index < -0.39 is 0 Å². The van der Waals surface area contributed by atoms with Crippen LogP contribution in [0.25, 0.3) is 21.0 Å². The van der Waals surface area contributed by atoms with Crippen LogP contribution >= 0.6 is 11.3 Å². The number of rotatable bonds is 7. The zero-order valence-corrected chi connectivity index (χ0v) is 17.5. The molecule has 0 saturated heterocycles. The summed E-state index contributed by atoms with van der Waals surface area (Å²) < 4.78 is 17.6. The quantitative estimate of drug-likeness (QED) is 0.343. The summed E-state index contributed by atoms with van der Waals surface area (Å²) in [5, 5.41) is 3.93. The Labute approximate surface area is 178 Å². The van der Waals surface area contributed by atoms with Crippen molar-refractivity contribution < 1.29 is 13.9 Å². The van der Waals surface area contributed by atoms with Gasteiger partial charge in [-0.2, -0.15) is 0 Å². The molecule has 0 fully saturated rings. The minimum Gasteiger partial charge on any atom is -0.493 e. The van der Waals surface area contributed by atoms with E-state index in [1.807, 2.05) is 48.5 Å². The molecule has 0 aliphatic rings. The van der Waals surface area contributed by atoms with E-state index in [0.717, 1.165) is 32.3 Å². The van der Waals surface area contributed by atoms with E-state index in [2.05, 4.69) is 21.4 Å². The van der Waals surface area contributed by atoms with Crippen LogP contribution in [0, 0.1) is 0 Å². The molecule has 0 aliphatic carbocycles. The van der Waals surface area contributed by atoms with Crippen LogP contribution in [0.3, 0.4) is 0 Å². The highest BCUT2D eigenvalue weighted by Gasteiger charge is 2.10. The first-order valence-corrected chi connectivity index (χ1v) is 10.2. The Hall–Kier alpha value is -3.52. The van der Waals surface area contributed by atoms with Gasteiger partial charge in [-0.05, 0) is 42.0 Å². The average molecular weight is 423 g/mol. The second-order valence-corrected chi connectivity index (χ2v) is 7.53. The lowest BCUT2D eigenvalue weighted by Gasteiger charge is -2.09. The number of nitrogens with two attached hydrogens (primary N) is 1. The zero-order chi connectivity index (χ0) is 20.9. The Bertz CT molecular complexity index is 1150. The lowest BCUT2D eigenvalue weighted by atomic mass is 10.2. The van der Waals surface area contributed by atoms with Gasteiger partial charge in [-0.15, -0.1) is 11.3 Å². The molecule has 0 bridgehead atoms. The molecule has 0 spiro atoms. The third-order valence-electron chi connectivity index (χ3n) is 4.49. The fourth-order valence-electron chi connectivity index (χ4n) is 2.95. The van der Waals surface area contributed by atoms with Crippen LogP contribution in [0.4, 0.5) is 0 Å². The first-order chi connectivity index (χ1) is 14.7. The van der Waals surface area contributed by atoms with Crippen molar-refractivity contribution in [2.24, 2.45) is 10.7 Å². The molecule has 2 aromatic heterocycles. The van der Waals surface area contributed by atoms with Crippen molar-refractivity contribution in [1.29, 1.82) is 0 Å². The molecule has 8 heteroatoms. The second-order valence-electron chi connectivity index (χ2n) is 6.50. The van der Waals surface area contributed by atoms with Crippen molar-refractivity contribution in [1.82, 2.24) is 10.3 Å². The van der Waals surface area contributed by atoms with E-state index in [-0.39, 0.29) is 0 Å². The number of hydrogen-bond acceptors (Lipinski definition) is 6. The van der Waals surface area contributed by atoms with Gasteiger partial charge in [0.05, 0.1) is 37.5 Å². The number of thiazole rings is 1. The molecule has 4 aromatic rings. The smallest absolute Gasteiger partial charge is 0.189 e. The van der Waals surface area contributed by atoms with Gasteiger partial charge in [-0.3, -0.25) is 0 Å². The van der Waals surface area contributed by atoms with Gasteiger partial charge in [0.15, 0.2) is 28.2 Å². The molecule has 0 saturated carbocycles. The van der Waals surface area contributed by atoms with E-state index in [4.69, 9.17) is 19.6 Å². The highest BCUT2D eigenvalue weighted by Crippen LogP contribution is 2.31. The van der Waals surface area contributed by atoms with E-state index in [1.165, 1.54) is 0 Å². The van der Waals surface area contributed by atoms with Gasteiger partial charge in [0.25, 0.3) is 0 Å². The highest BCUT2D eigenvalue weighted by atomic mass is 32.1. The molecular weight excluding hydrogens is 400 g/mol. The molecule has 4 rings (SSSR count). The number of nitrogens with one attached hydrogen (secondary N) is 1. The lowest BCUT2D eigenvalue weighted by Crippen LogP contribution is -2.30. The Morgan fingerprint density at radius 1 is 1.10 bits per heavy atom. The first-order valence-electron chi connectivity index (χ1n) is 9.35. The maximum Gasteiger partial charge on any atom is 0.189 e. The van der Waals surface area contributed by atoms with Gasteiger partial charge in [0.2, 0.25) is 0 Å². The molecule has 30 heavy (non-hydrogen) atoms. The summed E-state index contributed by atoms with van der Waals surface area (Å²) in [6.07, 6.45) is 0. The van der Waals surface area contributed by atoms with Crippen LogP contribution in [0.15, 0.2) is 64.0 Å². The van der Waals surface area contributed by atoms with Gasteiger partial charge in [0.1, 0.15) is 5.76 Å². The highest BCUT2D eigenvalue weighted by molar-refractivity contribution is 7.21. The summed E-state index contributed by atoms with van der Waals surface area (Å²) in [7, 11) is 3.21. The number of ether oxygens (including phenoxy) is 2. The maximum atomic E-state index is 6.00. The van der Waals surface area contributed by atoms with E-state index in [9.17, 15) is 0 Å². The van der Waals surface area contributed by atoms with E-state index >= 15 is 0 Å². The summed E-state index contributed by atoms with van der Waals surface area (Å²) in [6.45, 7) is 0.862. The van der Waals surface area contributed by atoms with E-state index in [0.29, 0.717) is 30.5 Å². The van der Waals surface area contributed by atoms with Crippen LogP contribution in [-0.2, 0) is 13.1 Å². The van der Waals surface area contributed by atoms with Gasteiger partial charge >= 0.3 is 0 Å². The number of aromatic nitrogens is 1. The Balaban J connectivity index is 1.36. The fourth-order valence-corrected chi connectivity index (χ4v) is 3.88. The number of hydrogen-bond donors (Lipinski definition) is 2.